The Bertz CT molecular complexity index is 552. The first kappa shape index (κ1) is 15.3. The molecule has 1 amide bonds. The average Bonchev–Trinajstić information content (AvgIpc) is 2.40. The van der Waals surface area contributed by atoms with E-state index in [1.54, 1.807) is 4.90 Å². The van der Waals surface area contributed by atoms with Gasteiger partial charge in [-0.3, -0.25) is 14.9 Å². The zero-order chi connectivity index (χ0) is 14.9. The lowest BCUT2D eigenvalue weighted by molar-refractivity contribution is -0.385. The molecular formula is C13H14BrClN2O3. The van der Waals surface area contributed by atoms with E-state index in [2.05, 4.69) is 22.9 Å². The van der Waals surface area contributed by atoms with Crippen LogP contribution >= 0.6 is 27.5 Å². The predicted molar refractivity (Wildman–Crippen MR) is 80.5 cm³/mol. The van der Waals surface area contributed by atoms with Gasteiger partial charge in [0.2, 0.25) is 0 Å². The zero-order valence-corrected chi connectivity index (χ0v) is 13.2. The Balaban J connectivity index is 2.32. The first-order valence-corrected chi connectivity index (χ1v) is 7.57. The predicted octanol–water partition coefficient (Wildman–Crippen LogP) is 3.49. The zero-order valence-electron chi connectivity index (χ0n) is 10.9. The van der Waals surface area contributed by atoms with Gasteiger partial charge in [-0.1, -0.05) is 40.5 Å². The number of hydrogen-bond acceptors (Lipinski definition) is 3. The molecule has 0 aliphatic carbocycles. The van der Waals surface area contributed by atoms with Crippen molar-refractivity contribution >= 4 is 39.1 Å². The maximum Gasteiger partial charge on any atom is 0.283 e. The van der Waals surface area contributed by atoms with Crippen LogP contribution in [0.4, 0.5) is 5.69 Å². The van der Waals surface area contributed by atoms with Crippen molar-refractivity contribution in [3.05, 3.63) is 38.9 Å². The molecule has 1 aliphatic rings. The molecule has 0 aromatic heterocycles. The number of hydrogen-bond donors (Lipinski definition) is 0. The smallest absolute Gasteiger partial charge is 0.283 e. The molecule has 0 saturated carbocycles. The fraction of sp³-hybridized carbons (Fsp3) is 0.462. The fourth-order valence-corrected chi connectivity index (χ4v) is 3.11. The van der Waals surface area contributed by atoms with E-state index in [-0.39, 0.29) is 27.0 Å². The van der Waals surface area contributed by atoms with Crippen molar-refractivity contribution in [1.82, 2.24) is 4.90 Å². The van der Waals surface area contributed by atoms with Gasteiger partial charge < -0.3 is 4.90 Å². The molecule has 108 valence electrons. The minimum absolute atomic E-state index is 0.0200. The SMILES string of the molecule is CC1CCN(C(=O)c2c(Cl)cccc2[N+](=O)[O-])CC1Br. The highest BCUT2D eigenvalue weighted by Gasteiger charge is 2.32. The van der Waals surface area contributed by atoms with Crippen LogP contribution in [-0.2, 0) is 0 Å². The summed E-state index contributed by atoms with van der Waals surface area (Å²) in [6.07, 6.45) is 0.861. The summed E-state index contributed by atoms with van der Waals surface area (Å²) in [5, 5.41) is 11.2. The number of piperidine rings is 1. The average molecular weight is 362 g/mol. The largest absolute Gasteiger partial charge is 0.337 e. The number of amides is 1. The van der Waals surface area contributed by atoms with Gasteiger partial charge in [-0.25, -0.2) is 0 Å². The number of likely N-dealkylation sites (tertiary alicyclic amines) is 1. The number of carbonyl (C=O) groups is 1. The van der Waals surface area contributed by atoms with Gasteiger partial charge in [-0.2, -0.15) is 0 Å². The van der Waals surface area contributed by atoms with Crippen LogP contribution in [0.5, 0.6) is 0 Å². The number of rotatable bonds is 2. The second-order valence-corrected chi connectivity index (χ2v) is 6.51. The lowest BCUT2D eigenvalue weighted by Gasteiger charge is -2.34. The molecule has 0 radical (unpaired) electrons. The molecule has 1 saturated heterocycles. The lowest BCUT2D eigenvalue weighted by Crippen LogP contribution is -2.43. The van der Waals surface area contributed by atoms with Crippen molar-refractivity contribution < 1.29 is 9.72 Å². The molecule has 0 bridgehead atoms. The molecule has 1 fully saturated rings. The Hall–Kier alpha value is -1.14. The highest BCUT2D eigenvalue weighted by molar-refractivity contribution is 9.09. The molecule has 2 rings (SSSR count). The molecule has 1 aromatic rings. The molecule has 5 nitrogen and oxygen atoms in total. The maximum absolute atomic E-state index is 12.5. The number of nitrogens with zero attached hydrogens (tertiary/aromatic N) is 2. The molecule has 20 heavy (non-hydrogen) atoms. The number of carbonyl (C=O) groups excluding carboxylic acids is 1. The minimum atomic E-state index is -0.572. The molecule has 1 aromatic carbocycles. The second kappa shape index (κ2) is 6.10. The first-order chi connectivity index (χ1) is 9.41. The molecule has 1 heterocycles. The maximum atomic E-state index is 12.5. The first-order valence-electron chi connectivity index (χ1n) is 6.28. The van der Waals surface area contributed by atoms with Gasteiger partial charge in [0.15, 0.2) is 0 Å². The molecule has 1 aliphatic heterocycles. The normalized spacial score (nSPS) is 22.6. The van der Waals surface area contributed by atoms with Crippen LogP contribution in [-0.4, -0.2) is 33.6 Å². The van der Waals surface area contributed by atoms with Crippen LogP contribution in [0.2, 0.25) is 5.02 Å². The van der Waals surface area contributed by atoms with E-state index in [1.807, 2.05) is 0 Å². The van der Waals surface area contributed by atoms with E-state index in [0.29, 0.717) is 19.0 Å². The van der Waals surface area contributed by atoms with Gasteiger partial charge in [0, 0.05) is 24.0 Å². The molecular weight excluding hydrogens is 348 g/mol. The summed E-state index contributed by atoms with van der Waals surface area (Å²) in [4.78, 5) is 24.8. The summed E-state index contributed by atoms with van der Waals surface area (Å²) >= 11 is 9.53. The highest BCUT2D eigenvalue weighted by atomic mass is 79.9. The number of nitro groups is 1. The minimum Gasteiger partial charge on any atom is -0.337 e. The summed E-state index contributed by atoms with van der Waals surface area (Å²) in [5.74, 6) is 0.0962. The molecule has 2 atom stereocenters. The quantitative estimate of drug-likeness (QED) is 0.460. The fourth-order valence-electron chi connectivity index (χ4n) is 2.24. The number of halogens is 2. The Morgan fingerprint density at radius 2 is 2.25 bits per heavy atom. The van der Waals surface area contributed by atoms with Crippen molar-refractivity contribution in [2.45, 2.75) is 18.2 Å². The van der Waals surface area contributed by atoms with E-state index >= 15 is 0 Å². The number of nitro benzene ring substituents is 1. The third-order valence-corrected chi connectivity index (χ3v) is 5.06. The Morgan fingerprint density at radius 1 is 1.55 bits per heavy atom. The van der Waals surface area contributed by atoms with Crippen molar-refractivity contribution in [2.75, 3.05) is 13.1 Å². The van der Waals surface area contributed by atoms with E-state index < -0.39 is 4.92 Å². The van der Waals surface area contributed by atoms with E-state index in [1.165, 1.54) is 18.2 Å². The second-order valence-electron chi connectivity index (χ2n) is 4.92. The van der Waals surface area contributed by atoms with Gasteiger partial charge in [0.05, 0.1) is 9.95 Å². The molecule has 0 spiro atoms. The van der Waals surface area contributed by atoms with Crippen molar-refractivity contribution in [2.24, 2.45) is 5.92 Å². The monoisotopic (exact) mass is 360 g/mol. The van der Waals surface area contributed by atoms with Crippen molar-refractivity contribution in [3.63, 3.8) is 0 Å². The topological polar surface area (TPSA) is 63.5 Å². The highest BCUT2D eigenvalue weighted by Crippen LogP contribution is 2.30. The van der Waals surface area contributed by atoms with E-state index in [0.717, 1.165) is 6.42 Å². The Kier molecular flexibility index (Phi) is 4.65. The van der Waals surface area contributed by atoms with Gasteiger partial charge >= 0.3 is 0 Å². The summed E-state index contributed by atoms with van der Waals surface area (Å²) in [6, 6.07) is 4.28. The van der Waals surface area contributed by atoms with Crippen LogP contribution < -0.4 is 0 Å². The third kappa shape index (κ3) is 2.96. The van der Waals surface area contributed by atoms with E-state index in [4.69, 9.17) is 11.6 Å². The third-order valence-electron chi connectivity index (χ3n) is 3.56. The van der Waals surface area contributed by atoms with Crippen LogP contribution in [0.15, 0.2) is 18.2 Å². The summed E-state index contributed by atoms with van der Waals surface area (Å²) in [5.41, 5.74) is -0.263. The van der Waals surface area contributed by atoms with Gasteiger partial charge in [-0.05, 0) is 18.4 Å². The van der Waals surface area contributed by atoms with Crippen LogP contribution in [0.3, 0.4) is 0 Å². The molecule has 7 heteroatoms. The van der Waals surface area contributed by atoms with E-state index in [9.17, 15) is 14.9 Å². The molecule has 2 unspecified atom stereocenters. The summed E-state index contributed by atoms with van der Waals surface area (Å²) < 4.78 is 0. The van der Waals surface area contributed by atoms with Crippen molar-refractivity contribution in [3.8, 4) is 0 Å². The van der Waals surface area contributed by atoms with Crippen LogP contribution in [0.25, 0.3) is 0 Å². The number of alkyl halides is 1. The summed E-state index contributed by atoms with van der Waals surface area (Å²) in [7, 11) is 0. The van der Waals surface area contributed by atoms with Gasteiger partial charge in [0.25, 0.3) is 11.6 Å². The summed E-state index contributed by atoms with van der Waals surface area (Å²) in [6.45, 7) is 3.23. The van der Waals surface area contributed by atoms with Crippen LogP contribution in [0.1, 0.15) is 23.7 Å². The van der Waals surface area contributed by atoms with Crippen LogP contribution in [0, 0.1) is 16.0 Å². The van der Waals surface area contributed by atoms with Gasteiger partial charge in [-0.15, -0.1) is 0 Å². The Labute approximate surface area is 130 Å². The van der Waals surface area contributed by atoms with Gasteiger partial charge in [0.1, 0.15) is 5.56 Å². The number of benzene rings is 1. The lowest BCUT2D eigenvalue weighted by atomic mass is 9.98. The molecule has 0 N–H and O–H groups in total. The standard InChI is InChI=1S/C13H14BrClN2O3/c1-8-5-6-16(7-9(8)14)13(18)12-10(15)3-2-4-11(12)17(19)20/h2-4,8-9H,5-7H2,1H3. The Morgan fingerprint density at radius 3 is 2.85 bits per heavy atom. The van der Waals surface area contributed by atoms with Crippen molar-refractivity contribution in [1.29, 1.82) is 0 Å².